The SMILES string of the molecule is [Cl][Ni].c1ccc(P(c2ccccc2)c2ccccc2)cc1.c1ccc(P(c2ccccc2)c2ccccc2)cc1. The summed E-state index contributed by atoms with van der Waals surface area (Å²) < 4.78 is 0. The third-order valence-electron chi connectivity index (χ3n) is 6.09. The molecule has 0 spiro atoms. The molecule has 0 heterocycles. The number of hydrogen-bond acceptors (Lipinski definition) is 0. The van der Waals surface area contributed by atoms with Gasteiger partial charge in [-0.25, -0.2) is 0 Å². The average molecular weight is 619 g/mol. The van der Waals surface area contributed by atoms with Gasteiger partial charge in [-0.15, -0.1) is 0 Å². The normalized spacial score (nSPS) is 10.2. The van der Waals surface area contributed by atoms with Gasteiger partial charge in [0, 0.05) is 0 Å². The molecule has 4 heteroatoms. The molecule has 0 N–H and O–H groups in total. The molecule has 201 valence electrons. The summed E-state index contributed by atoms with van der Waals surface area (Å²) in [5, 5.41) is 8.39. The monoisotopic (exact) mass is 617 g/mol. The van der Waals surface area contributed by atoms with Crippen LogP contribution in [0.4, 0.5) is 0 Å². The van der Waals surface area contributed by atoms with Crippen LogP contribution in [0.25, 0.3) is 0 Å². The number of halogens is 1. The van der Waals surface area contributed by atoms with E-state index < -0.39 is 15.8 Å². The molecule has 0 atom stereocenters. The van der Waals surface area contributed by atoms with E-state index in [1.54, 1.807) is 0 Å². The summed E-state index contributed by atoms with van der Waals surface area (Å²) in [7, 11) is 3.37. The molecule has 0 aliphatic rings. The Bertz CT molecular complexity index is 1180. The molecule has 0 aromatic heterocycles. The van der Waals surface area contributed by atoms with Gasteiger partial charge in [0.15, 0.2) is 0 Å². The summed E-state index contributed by atoms with van der Waals surface area (Å²) in [5.41, 5.74) is 0. The predicted molar refractivity (Wildman–Crippen MR) is 176 cm³/mol. The number of rotatable bonds is 6. The summed E-state index contributed by atoms with van der Waals surface area (Å²) in [6.07, 6.45) is 0. The van der Waals surface area contributed by atoms with Crippen molar-refractivity contribution in [2.75, 3.05) is 0 Å². The van der Waals surface area contributed by atoms with Crippen LogP contribution in [0, 0.1) is 0 Å². The van der Waals surface area contributed by atoms with E-state index in [2.05, 4.69) is 207 Å². The molecule has 0 amide bonds. The van der Waals surface area contributed by atoms with Crippen molar-refractivity contribution >= 4 is 57.9 Å². The van der Waals surface area contributed by atoms with Crippen LogP contribution in [-0.2, 0) is 14.6 Å². The maximum Gasteiger partial charge on any atom is -0.0134 e. The fourth-order valence-electron chi connectivity index (χ4n) is 4.36. The van der Waals surface area contributed by atoms with Crippen molar-refractivity contribution < 1.29 is 14.6 Å². The van der Waals surface area contributed by atoms with E-state index >= 15 is 0 Å². The first-order chi connectivity index (χ1) is 19.9. The fourth-order valence-corrected chi connectivity index (χ4v) is 8.97. The van der Waals surface area contributed by atoms with Gasteiger partial charge in [-0.05, 0) is 47.7 Å². The Hall–Kier alpha value is -3.04. The standard InChI is InChI=1S/2C18H15P.ClH.Ni/c2*1-4-10-16(11-5-1)19(17-12-6-2-7-13-17)18-14-8-3-9-15-18;;/h2*1-15H;1H;/q;;;+1/p-1. The number of hydrogen-bond donors (Lipinski definition) is 0. The largest absolute Gasteiger partial charge is 0.0622 e. The second-order valence-electron chi connectivity index (χ2n) is 8.68. The van der Waals surface area contributed by atoms with Gasteiger partial charge in [-0.1, -0.05) is 182 Å². The Morgan fingerprint density at radius 1 is 0.250 bits per heavy atom. The van der Waals surface area contributed by atoms with Crippen LogP contribution in [0.3, 0.4) is 0 Å². The molecular formula is C36H30ClNiP2. The van der Waals surface area contributed by atoms with Crippen LogP contribution in [0.15, 0.2) is 182 Å². The molecule has 0 aliphatic heterocycles. The van der Waals surface area contributed by atoms with E-state index in [-0.39, 0.29) is 0 Å². The maximum absolute atomic E-state index is 4.26. The molecule has 0 saturated heterocycles. The smallest absolute Gasteiger partial charge is 0.0134 e. The first-order valence-electron chi connectivity index (χ1n) is 12.9. The Kier molecular flexibility index (Phi) is 12.7. The van der Waals surface area contributed by atoms with Crippen LogP contribution >= 0.6 is 26.0 Å². The molecule has 40 heavy (non-hydrogen) atoms. The molecule has 6 rings (SSSR count). The van der Waals surface area contributed by atoms with Crippen molar-refractivity contribution in [3.8, 4) is 0 Å². The quantitative estimate of drug-likeness (QED) is 0.133. The number of benzene rings is 6. The van der Waals surface area contributed by atoms with Crippen molar-refractivity contribution in [1.29, 1.82) is 0 Å². The molecule has 6 aromatic rings. The third kappa shape index (κ3) is 8.48. The summed E-state index contributed by atoms with van der Waals surface area (Å²) in [4.78, 5) is 0. The molecular weight excluding hydrogens is 588 g/mol. The Morgan fingerprint density at radius 2 is 0.375 bits per heavy atom. The van der Waals surface area contributed by atoms with E-state index in [0.29, 0.717) is 0 Å². The van der Waals surface area contributed by atoms with Gasteiger partial charge in [0.2, 0.25) is 0 Å². The van der Waals surface area contributed by atoms with E-state index in [1.165, 1.54) is 31.8 Å². The maximum atomic E-state index is 4.26. The van der Waals surface area contributed by atoms with E-state index in [0.717, 1.165) is 0 Å². The molecule has 0 radical (unpaired) electrons. The van der Waals surface area contributed by atoms with Gasteiger partial charge < -0.3 is 0 Å². The minimum atomic E-state index is -0.446. The van der Waals surface area contributed by atoms with Gasteiger partial charge in [-0.2, -0.15) is 0 Å². The second kappa shape index (κ2) is 16.9. The molecule has 0 unspecified atom stereocenters. The Morgan fingerprint density at radius 3 is 0.500 bits per heavy atom. The van der Waals surface area contributed by atoms with Gasteiger partial charge in [0.05, 0.1) is 0 Å². The van der Waals surface area contributed by atoms with Crippen molar-refractivity contribution in [3.05, 3.63) is 182 Å². The fraction of sp³-hybridized carbons (Fsp3) is 0. The zero-order valence-corrected chi connectivity index (χ0v) is 25.4. The Balaban J connectivity index is 0.000000174. The van der Waals surface area contributed by atoms with E-state index in [4.69, 9.17) is 0 Å². The van der Waals surface area contributed by atoms with E-state index in [1.807, 2.05) is 0 Å². The van der Waals surface area contributed by atoms with Crippen molar-refractivity contribution in [2.45, 2.75) is 0 Å². The second-order valence-corrected chi connectivity index (χ2v) is 13.1. The minimum absolute atomic E-state index is 0.446. The first-order valence-corrected chi connectivity index (χ1v) is 17.0. The molecule has 0 bridgehead atoms. The summed E-state index contributed by atoms with van der Waals surface area (Å²) in [6, 6.07) is 64.7. The third-order valence-corrected chi connectivity index (χ3v) is 11.0. The van der Waals surface area contributed by atoms with Gasteiger partial charge in [0.25, 0.3) is 0 Å². The van der Waals surface area contributed by atoms with Crippen LogP contribution < -0.4 is 31.8 Å². The molecule has 0 nitrogen and oxygen atoms in total. The van der Waals surface area contributed by atoms with Crippen LogP contribution in [0.1, 0.15) is 0 Å². The molecule has 6 aromatic carbocycles. The average Bonchev–Trinajstić information content (AvgIpc) is 3.06. The summed E-state index contributed by atoms with van der Waals surface area (Å²) in [5.74, 6) is 0. The van der Waals surface area contributed by atoms with Gasteiger partial charge in [-0.3, -0.25) is 0 Å². The van der Waals surface area contributed by atoms with Crippen molar-refractivity contribution in [2.24, 2.45) is 0 Å². The van der Waals surface area contributed by atoms with Crippen LogP contribution in [0.2, 0.25) is 0 Å². The first kappa shape index (κ1) is 29.9. The van der Waals surface area contributed by atoms with Crippen molar-refractivity contribution in [1.82, 2.24) is 0 Å². The molecule has 0 aliphatic carbocycles. The zero-order valence-electron chi connectivity index (χ0n) is 21.9. The van der Waals surface area contributed by atoms with Gasteiger partial charge in [0.1, 0.15) is 0 Å². The summed E-state index contributed by atoms with van der Waals surface area (Å²) >= 11 is 3.35. The Labute approximate surface area is 253 Å². The minimum Gasteiger partial charge on any atom is -0.0622 e. The molecule has 0 saturated carbocycles. The van der Waals surface area contributed by atoms with Crippen LogP contribution in [0.5, 0.6) is 0 Å². The zero-order chi connectivity index (χ0) is 27.8. The van der Waals surface area contributed by atoms with E-state index in [9.17, 15) is 0 Å². The predicted octanol–water partition coefficient (Wildman–Crippen LogP) is 7.58. The summed E-state index contributed by atoms with van der Waals surface area (Å²) in [6.45, 7) is 0. The van der Waals surface area contributed by atoms with Crippen molar-refractivity contribution in [3.63, 3.8) is 0 Å². The topological polar surface area (TPSA) is 0 Å². The van der Waals surface area contributed by atoms with Gasteiger partial charge >= 0.3 is 24.8 Å². The molecule has 0 fully saturated rings. The van der Waals surface area contributed by atoms with Crippen LogP contribution in [-0.4, -0.2) is 0 Å².